The second kappa shape index (κ2) is 9.62. The number of benzene rings is 1. The van der Waals surface area contributed by atoms with Gasteiger partial charge in [-0.3, -0.25) is 9.69 Å². The highest BCUT2D eigenvalue weighted by molar-refractivity contribution is 5.79. The van der Waals surface area contributed by atoms with Crippen LogP contribution in [-0.2, 0) is 22.6 Å². The van der Waals surface area contributed by atoms with Gasteiger partial charge >= 0.3 is 0 Å². The van der Waals surface area contributed by atoms with E-state index >= 15 is 0 Å². The average molecular weight is 436 g/mol. The lowest BCUT2D eigenvalue weighted by Crippen LogP contribution is -2.40. The standard InChI is InChI=1S/C23H29N7O2/c31-23(24-15-18-2-1-3-19(14-18)16-28-10-12-32-13-11-28)20-6-8-29(9-7-20)22-5-4-21-26-25-17-30(21)27-22/h1-5,14,17,20H,6-13,15-16H2,(H,24,31). The Kier molecular flexibility index (Phi) is 6.27. The van der Waals surface area contributed by atoms with E-state index in [4.69, 9.17) is 4.74 Å². The molecule has 2 aliphatic heterocycles. The molecule has 0 unspecified atom stereocenters. The van der Waals surface area contributed by atoms with E-state index < -0.39 is 0 Å². The van der Waals surface area contributed by atoms with Gasteiger partial charge in [-0.15, -0.1) is 15.3 Å². The summed E-state index contributed by atoms with van der Waals surface area (Å²) < 4.78 is 7.11. The molecule has 1 N–H and O–H groups in total. The minimum Gasteiger partial charge on any atom is -0.379 e. The number of ether oxygens (including phenoxy) is 1. The van der Waals surface area contributed by atoms with Crippen molar-refractivity contribution in [1.29, 1.82) is 0 Å². The Morgan fingerprint density at radius 2 is 1.88 bits per heavy atom. The van der Waals surface area contributed by atoms with Crippen LogP contribution >= 0.6 is 0 Å². The number of nitrogens with one attached hydrogen (secondary N) is 1. The molecule has 3 aromatic rings. The molecule has 4 heterocycles. The van der Waals surface area contributed by atoms with Crippen molar-refractivity contribution in [2.24, 2.45) is 5.92 Å². The number of carbonyl (C=O) groups excluding carboxylic acids is 1. The van der Waals surface area contributed by atoms with E-state index in [0.29, 0.717) is 6.54 Å². The van der Waals surface area contributed by atoms with Crippen LogP contribution in [0.5, 0.6) is 0 Å². The molecule has 0 atom stereocenters. The first kappa shape index (κ1) is 20.8. The monoisotopic (exact) mass is 435 g/mol. The minimum absolute atomic E-state index is 0.0430. The SMILES string of the molecule is O=C(NCc1cccc(CN2CCOCC2)c1)C1CCN(c2ccc3nncn3n2)CC1. The van der Waals surface area contributed by atoms with Crippen LogP contribution in [0.15, 0.2) is 42.7 Å². The number of aromatic nitrogens is 4. The summed E-state index contributed by atoms with van der Waals surface area (Å²) in [6.07, 6.45) is 3.25. The number of fused-ring (bicyclic) bond motifs is 1. The van der Waals surface area contributed by atoms with E-state index in [-0.39, 0.29) is 11.8 Å². The second-order valence-corrected chi connectivity index (χ2v) is 8.51. The first-order chi connectivity index (χ1) is 15.7. The van der Waals surface area contributed by atoms with E-state index in [0.717, 1.165) is 75.8 Å². The quantitative estimate of drug-likeness (QED) is 0.628. The highest BCUT2D eigenvalue weighted by Crippen LogP contribution is 2.22. The van der Waals surface area contributed by atoms with Crippen LogP contribution in [0.3, 0.4) is 0 Å². The lowest BCUT2D eigenvalue weighted by atomic mass is 9.95. The molecule has 1 aromatic carbocycles. The number of piperidine rings is 1. The van der Waals surface area contributed by atoms with Crippen molar-refractivity contribution >= 4 is 17.4 Å². The van der Waals surface area contributed by atoms with E-state index in [9.17, 15) is 4.79 Å². The minimum atomic E-state index is 0.0430. The predicted octanol–water partition coefficient (Wildman–Crippen LogP) is 1.49. The summed E-state index contributed by atoms with van der Waals surface area (Å²) in [4.78, 5) is 17.4. The Morgan fingerprint density at radius 1 is 1.06 bits per heavy atom. The Labute approximate surface area is 187 Å². The van der Waals surface area contributed by atoms with Gasteiger partial charge in [0.25, 0.3) is 0 Å². The van der Waals surface area contributed by atoms with Gasteiger partial charge in [-0.2, -0.15) is 4.52 Å². The Hall–Kier alpha value is -3.04. The van der Waals surface area contributed by atoms with Gasteiger partial charge in [-0.1, -0.05) is 24.3 Å². The molecule has 2 aliphatic rings. The van der Waals surface area contributed by atoms with Gasteiger partial charge in [-0.05, 0) is 36.1 Å². The van der Waals surface area contributed by atoms with E-state index in [2.05, 4.69) is 54.7 Å². The van der Waals surface area contributed by atoms with Gasteiger partial charge < -0.3 is 15.0 Å². The zero-order valence-electron chi connectivity index (χ0n) is 18.2. The molecule has 32 heavy (non-hydrogen) atoms. The fourth-order valence-corrected chi connectivity index (χ4v) is 4.45. The van der Waals surface area contributed by atoms with Crippen molar-refractivity contribution in [2.45, 2.75) is 25.9 Å². The Balaban J connectivity index is 1.11. The third-order valence-electron chi connectivity index (χ3n) is 6.31. The number of anilines is 1. The number of hydrogen-bond acceptors (Lipinski definition) is 7. The van der Waals surface area contributed by atoms with Crippen molar-refractivity contribution in [2.75, 3.05) is 44.3 Å². The topological polar surface area (TPSA) is 87.9 Å². The highest BCUT2D eigenvalue weighted by Gasteiger charge is 2.25. The molecule has 2 aromatic heterocycles. The molecular formula is C23H29N7O2. The van der Waals surface area contributed by atoms with Crippen molar-refractivity contribution in [3.63, 3.8) is 0 Å². The number of carbonyl (C=O) groups is 1. The van der Waals surface area contributed by atoms with Gasteiger partial charge in [0.15, 0.2) is 5.65 Å². The highest BCUT2D eigenvalue weighted by atomic mass is 16.5. The van der Waals surface area contributed by atoms with Gasteiger partial charge in [0.05, 0.1) is 13.2 Å². The number of hydrogen-bond donors (Lipinski definition) is 1. The first-order valence-electron chi connectivity index (χ1n) is 11.3. The summed E-state index contributed by atoms with van der Waals surface area (Å²) in [6.45, 7) is 6.69. The average Bonchev–Trinajstić information content (AvgIpc) is 3.32. The number of amides is 1. The largest absolute Gasteiger partial charge is 0.379 e. The summed E-state index contributed by atoms with van der Waals surface area (Å²) in [5.74, 6) is 1.08. The number of nitrogens with zero attached hydrogens (tertiary/aromatic N) is 6. The van der Waals surface area contributed by atoms with Crippen molar-refractivity contribution in [3.05, 3.63) is 53.9 Å². The zero-order chi connectivity index (χ0) is 21.8. The maximum atomic E-state index is 12.8. The molecule has 9 heteroatoms. The van der Waals surface area contributed by atoms with Crippen molar-refractivity contribution in [3.8, 4) is 0 Å². The van der Waals surface area contributed by atoms with Crippen LogP contribution in [0, 0.1) is 5.92 Å². The van der Waals surface area contributed by atoms with Crippen LogP contribution in [0.2, 0.25) is 0 Å². The van der Waals surface area contributed by atoms with Crippen molar-refractivity contribution in [1.82, 2.24) is 30.0 Å². The predicted molar refractivity (Wildman–Crippen MR) is 120 cm³/mol. The summed E-state index contributed by atoms with van der Waals surface area (Å²) in [7, 11) is 0. The molecule has 1 amide bonds. The first-order valence-corrected chi connectivity index (χ1v) is 11.3. The third kappa shape index (κ3) is 4.89. The summed E-state index contributed by atoms with van der Waals surface area (Å²) in [5, 5.41) is 15.6. The summed E-state index contributed by atoms with van der Waals surface area (Å²) >= 11 is 0. The van der Waals surface area contributed by atoms with Gasteiger partial charge in [0.1, 0.15) is 12.1 Å². The van der Waals surface area contributed by atoms with Crippen LogP contribution in [0.4, 0.5) is 5.82 Å². The zero-order valence-corrected chi connectivity index (χ0v) is 18.2. The van der Waals surface area contributed by atoms with E-state index in [1.165, 1.54) is 5.56 Å². The van der Waals surface area contributed by atoms with Crippen LogP contribution < -0.4 is 10.2 Å². The van der Waals surface area contributed by atoms with Crippen LogP contribution in [0.25, 0.3) is 5.65 Å². The smallest absolute Gasteiger partial charge is 0.223 e. The molecule has 0 spiro atoms. The fraction of sp³-hybridized carbons (Fsp3) is 0.478. The maximum Gasteiger partial charge on any atom is 0.223 e. The molecule has 9 nitrogen and oxygen atoms in total. The maximum absolute atomic E-state index is 12.8. The van der Waals surface area contributed by atoms with Crippen molar-refractivity contribution < 1.29 is 9.53 Å². The molecule has 2 fully saturated rings. The summed E-state index contributed by atoms with van der Waals surface area (Å²) in [5.41, 5.74) is 3.16. The second-order valence-electron chi connectivity index (χ2n) is 8.51. The van der Waals surface area contributed by atoms with E-state index in [1.807, 2.05) is 12.1 Å². The third-order valence-corrected chi connectivity index (χ3v) is 6.31. The van der Waals surface area contributed by atoms with Gasteiger partial charge in [0.2, 0.25) is 5.91 Å². The lowest BCUT2D eigenvalue weighted by Gasteiger charge is -2.32. The summed E-state index contributed by atoms with van der Waals surface area (Å²) in [6, 6.07) is 12.4. The molecule has 0 bridgehead atoms. The van der Waals surface area contributed by atoms with Gasteiger partial charge in [-0.25, -0.2) is 0 Å². The molecule has 5 rings (SSSR count). The molecule has 168 valence electrons. The fourth-order valence-electron chi connectivity index (χ4n) is 4.45. The normalized spacial score (nSPS) is 18.2. The van der Waals surface area contributed by atoms with Gasteiger partial charge in [0, 0.05) is 45.2 Å². The lowest BCUT2D eigenvalue weighted by molar-refractivity contribution is -0.125. The van der Waals surface area contributed by atoms with E-state index in [1.54, 1.807) is 10.8 Å². The Bertz CT molecular complexity index is 1060. The number of rotatable bonds is 6. The number of morpholine rings is 1. The molecule has 0 aliphatic carbocycles. The molecular weight excluding hydrogens is 406 g/mol. The molecule has 2 saturated heterocycles. The van der Waals surface area contributed by atoms with Crippen LogP contribution in [0.1, 0.15) is 24.0 Å². The Morgan fingerprint density at radius 3 is 2.72 bits per heavy atom. The molecule has 0 saturated carbocycles. The van der Waals surface area contributed by atoms with Crippen LogP contribution in [-0.4, -0.2) is 70.0 Å². The molecule has 0 radical (unpaired) electrons.